The van der Waals surface area contributed by atoms with Crippen molar-refractivity contribution in [3.8, 4) is 11.5 Å². The molecule has 0 aromatic heterocycles. The number of amides is 1. The number of aromatic carboxylic acids is 1. The minimum atomic E-state index is -0.970. The third kappa shape index (κ3) is 6.43. The first-order valence-electron chi connectivity index (χ1n) is 9.54. The molecule has 0 saturated carbocycles. The Morgan fingerprint density at radius 3 is 2.52 bits per heavy atom. The highest BCUT2D eigenvalue weighted by molar-refractivity contribution is 5.87. The number of carboxylic acid groups (broad SMARTS) is 1. The van der Waals surface area contributed by atoms with Gasteiger partial charge in [0.25, 0.3) is 0 Å². The summed E-state index contributed by atoms with van der Waals surface area (Å²) in [5, 5.41) is 13.0. The Morgan fingerprint density at radius 1 is 1.00 bits per heavy atom. The molecular formula is C24H22N2O5. The van der Waals surface area contributed by atoms with Gasteiger partial charge in [-0.15, -0.1) is 0 Å². The van der Waals surface area contributed by atoms with Gasteiger partial charge >= 0.3 is 5.97 Å². The summed E-state index contributed by atoms with van der Waals surface area (Å²) in [5.74, 6) is 0.0666. The maximum Gasteiger partial charge on any atom is 0.335 e. The number of ether oxygens (including phenoxy) is 2. The molecule has 0 saturated heterocycles. The van der Waals surface area contributed by atoms with Gasteiger partial charge in [-0.3, -0.25) is 4.79 Å². The number of para-hydroxylation sites is 1. The maximum atomic E-state index is 12.1. The van der Waals surface area contributed by atoms with Crippen molar-refractivity contribution in [3.63, 3.8) is 0 Å². The molecule has 1 amide bonds. The van der Waals surface area contributed by atoms with Crippen molar-refractivity contribution in [2.24, 2.45) is 5.10 Å². The van der Waals surface area contributed by atoms with E-state index < -0.39 is 5.97 Å². The number of hydrazone groups is 1. The van der Waals surface area contributed by atoms with Crippen LogP contribution in [-0.4, -0.2) is 30.3 Å². The van der Waals surface area contributed by atoms with E-state index in [1.54, 1.807) is 31.4 Å². The van der Waals surface area contributed by atoms with E-state index in [-0.39, 0.29) is 24.5 Å². The zero-order valence-electron chi connectivity index (χ0n) is 16.9. The standard InChI is InChI=1S/C24H22N2O5/c1-30-21-7-4-5-18(13-21)14-23(27)26-25-15-20-6-2-3-8-22(20)31-16-17-9-11-19(12-10-17)24(28)29/h2-13,15H,14,16H2,1H3,(H,26,27)(H,28,29)/b25-15+. The zero-order chi connectivity index (χ0) is 22.1. The molecule has 0 aliphatic heterocycles. The average molecular weight is 418 g/mol. The van der Waals surface area contributed by atoms with Crippen molar-refractivity contribution in [2.75, 3.05) is 7.11 Å². The lowest BCUT2D eigenvalue weighted by atomic mass is 10.1. The van der Waals surface area contributed by atoms with Crippen LogP contribution in [0.2, 0.25) is 0 Å². The van der Waals surface area contributed by atoms with Gasteiger partial charge in [-0.05, 0) is 47.5 Å². The second-order valence-electron chi connectivity index (χ2n) is 6.65. The fourth-order valence-electron chi connectivity index (χ4n) is 2.80. The molecule has 0 aliphatic carbocycles. The molecule has 0 heterocycles. The number of nitrogens with zero attached hydrogens (tertiary/aromatic N) is 1. The van der Waals surface area contributed by atoms with Crippen LogP contribution in [0, 0.1) is 0 Å². The van der Waals surface area contributed by atoms with Gasteiger partial charge in [-0.1, -0.05) is 36.4 Å². The molecule has 2 N–H and O–H groups in total. The molecule has 7 heteroatoms. The smallest absolute Gasteiger partial charge is 0.335 e. The molecule has 0 fully saturated rings. The Bertz CT molecular complexity index is 1080. The van der Waals surface area contributed by atoms with Crippen molar-refractivity contribution in [1.82, 2.24) is 5.43 Å². The normalized spacial score (nSPS) is 10.6. The zero-order valence-corrected chi connectivity index (χ0v) is 16.9. The third-order valence-electron chi connectivity index (χ3n) is 4.41. The SMILES string of the molecule is COc1cccc(CC(=O)N/N=C/c2ccccc2OCc2ccc(C(=O)O)cc2)c1. The number of rotatable bonds is 9. The number of carbonyl (C=O) groups excluding carboxylic acids is 1. The van der Waals surface area contributed by atoms with Crippen molar-refractivity contribution < 1.29 is 24.2 Å². The Kier molecular flexibility index (Phi) is 7.37. The fraction of sp³-hybridized carbons (Fsp3) is 0.125. The van der Waals surface area contributed by atoms with Gasteiger partial charge in [0, 0.05) is 5.56 Å². The average Bonchev–Trinajstić information content (AvgIpc) is 2.78. The van der Waals surface area contributed by atoms with Crippen LogP contribution in [0.5, 0.6) is 11.5 Å². The number of benzene rings is 3. The number of hydrogen-bond donors (Lipinski definition) is 2. The molecule has 0 unspecified atom stereocenters. The molecule has 0 spiro atoms. The summed E-state index contributed by atoms with van der Waals surface area (Å²) in [6.07, 6.45) is 1.70. The van der Waals surface area contributed by atoms with Crippen molar-refractivity contribution in [2.45, 2.75) is 13.0 Å². The lowest BCUT2D eigenvalue weighted by molar-refractivity contribution is -0.120. The maximum absolute atomic E-state index is 12.1. The van der Waals surface area contributed by atoms with E-state index >= 15 is 0 Å². The molecule has 3 aromatic carbocycles. The van der Waals surface area contributed by atoms with E-state index in [2.05, 4.69) is 10.5 Å². The molecular weight excluding hydrogens is 396 g/mol. The lowest BCUT2D eigenvalue weighted by Gasteiger charge is -2.09. The molecule has 0 bridgehead atoms. The highest BCUT2D eigenvalue weighted by Crippen LogP contribution is 2.18. The number of methoxy groups -OCH3 is 1. The molecule has 158 valence electrons. The van der Waals surface area contributed by atoms with E-state index in [0.717, 1.165) is 11.1 Å². The first-order chi connectivity index (χ1) is 15.0. The van der Waals surface area contributed by atoms with Gasteiger partial charge in [0.05, 0.1) is 25.3 Å². The van der Waals surface area contributed by atoms with Crippen LogP contribution in [0.1, 0.15) is 27.0 Å². The third-order valence-corrected chi connectivity index (χ3v) is 4.41. The van der Waals surface area contributed by atoms with Gasteiger partial charge in [-0.2, -0.15) is 5.10 Å². The van der Waals surface area contributed by atoms with Crippen molar-refractivity contribution in [3.05, 3.63) is 95.1 Å². The van der Waals surface area contributed by atoms with Gasteiger partial charge in [-0.25, -0.2) is 10.2 Å². The summed E-state index contributed by atoms with van der Waals surface area (Å²) in [7, 11) is 1.58. The quantitative estimate of drug-likeness (QED) is 0.408. The summed E-state index contributed by atoms with van der Waals surface area (Å²) in [6, 6.07) is 21.1. The van der Waals surface area contributed by atoms with Gasteiger partial charge in [0.15, 0.2) is 0 Å². The first-order valence-corrected chi connectivity index (χ1v) is 9.54. The summed E-state index contributed by atoms with van der Waals surface area (Å²) >= 11 is 0. The van der Waals surface area contributed by atoms with Crippen LogP contribution in [0.25, 0.3) is 0 Å². The van der Waals surface area contributed by atoms with E-state index in [4.69, 9.17) is 14.6 Å². The number of carbonyl (C=O) groups is 2. The molecule has 3 rings (SSSR count). The molecule has 7 nitrogen and oxygen atoms in total. The molecule has 0 radical (unpaired) electrons. The van der Waals surface area contributed by atoms with Crippen LogP contribution in [-0.2, 0) is 17.8 Å². The van der Waals surface area contributed by atoms with Gasteiger partial charge in [0.1, 0.15) is 18.1 Å². The monoisotopic (exact) mass is 418 g/mol. The predicted octanol–water partition coefficient (Wildman–Crippen LogP) is 3.67. The lowest BCUT2D eigenvalue weighted by Crippen LogP contribution is -2.19. The Balaban J connectivity index is 1.57. The number of carboxylic acids is 1. The van der Waals surface area contributed by atoms with Crippen LogP contribution in [0.4, 0.5) is 0 Å². The minimum Gasteiger partial charge on any atom is -0.497 e. The Morgan fingerprint density at radius 2 is 1.77 bits per heavy atom. The second kappa shape index (κ2) is 10.6. The molecule has 31 heavy (non-hydrogen) atoms. The van der Waals surface area contributed by atoms with Gasteiger partial charge in [0.2, 0.25) is 5.91 Å². The molecule has 0 atom stereocenters. The van der Waals surface area contributed by atoms with Crippen LogP contribution in [0.15, 0.2) is 77.9 Å². The Hall–Kier alpha value is -4.13. The first kappa shape index (κ1) is 21.6. The summed E-state index contributed by atoms with van der Waals surface area (Å²) in [4.78, 5) is 23.1. The van der Waals surface area contributed by atoms with E-state index in [9.17, 15) is 9.59 Å². The van der Waals surface area contributed by atoms with Gasteiger partial charge < -0.3 is 14.6 Å². The summed E-state index contributed by atoms with van der Waals surface area (Å²) in [5.41, 5.74) is 5.10. The number of hydrogen-bond acceptors (Lipinski definition) is 5. The molecule has 0 aliphatic rings. The van der Waals surface area contributed by atoms with E-state index in [0.29, 0.717) is 17.1 Å². The minimum absolute atomic E-state index is 0.180. The second-order valence-corrected chi connectivity index (χ2v) is 6.65. The number of nitrogens with one attached hydrogen (secondary N) is 1. The topological polar surface area (TPSA) is 97.2 Å². The van der Waals surface area contributed by atoms with Crippen molar-refractivity contribution in [1.29, 1.82) is 0 Å². The highest BCUT2D eigenvalue weighted by atomic mass is 16.5. The Labute approximate surface area is 179 Å². The van der Waals surface area contributed by atoms with E-state index in [1.165, 1.54) is 18.3 Å². The predicted molar refractivity (Wildman–Crippen MR) is 117 cm³/mol. The highest BCUT2D eigenvalue weighted by Gasteiger charge is 2.06. The fourth-order valence-corrected chi connectivity index (χ4v) is 2.80. The van der Waals surface area contributed by atoms with E-state index in [1.807, 2.05) is 36.4 Å². The molecule has 3 aromatic rings. The van der Waals surface area contributed by atoms with Crippen LogP contribution < -0.4 is 14.9 Å². The summed E-state index contributed by atoms with van der Waals surface area (Å²) < 4.78 is 11.0. The summed E-state index contributed by atoms with van der Waals surface area (Å²) in [6.45, 7) is 0.271. The van der Waals surface area contributed by atoms with Crippen molar-refractivity contribution >= 4 is 18.1 Å². The van der Waals surface area contributed by atoms with Crippen LogP contribution in [0.3, 0.4) is 0 Å². The van der Waals surface area contributed by atoms with Crippen LogP contribution >= 0.6 is 0 Å². The largest absolute Gasteiger partial charge is 0.497 e.